The average Bonchev–Trinajstić information content (AvgIpc) is 2.66. The number of rotatable bonds is 5. The van der Waals surface area contributed by atoms with Crippen molar-refractivity contribution < 1.29 is 9.53 Å². The maximum Gasteiger partial charge on any atom is 0.323 e. The van der Waals surface area contributed by atoms with E-state index < -0.39 is 0 Å². The third kappa shape index (κ3) is 4.03. The molecule has 0 saturated carbocycles. The lowest BCUT2D eigenvalue weighted by molar-refractivity contribution is -0.147. The third-order valence-corrected chi connectivity index (χ3v) is 3.68. The van der Waals surface area contributed by atoms with Gasteiger partial charge in [0, 0.05) is 6.04 Å². The van der Waals surface area contributed by atoms with E-state index in [1.165, 1.54) is 5.75 Å². The molecule has 4 heteroatoms. The summed E-state index contributed by atoms with van der Waals surface area (Å²) in [5.41, 5.74) is 0. The molecular weight excluding hydrogens is 210 g/mol. The minimum atomic E-state index is -0.111. The number of hydrogen-bond acceptors (Lipinski definition) is 4. The summed E-state index contributed by atoms with van der Waals surface area (Å²) in [5, 5.41) is 3.32. The summed E-state index contributed by atoms with van der Waals surface area (Å²) in [7, 11) is 0. The van der Waals surface area contributed by atoms with Crippen LogP contribution in [0.25, 0.3) is 0 Å². The highest BCUT2D eigenvalue weighted by Crippen LogP contribution is 2.27. The first-order valence-corrected chi connectivity index (χ1v) is 6.81. The molecule has 0 aliphatic carbocycles. The normalized spacial score (nSPS) is 23.1. The number of thioether (sulfide) groups is 1. The Morgan fingerprint density at radius 2 is 2.33 bits per heavy atom. The number of ether oxygens (including phenoxy) is 1. The highest BCUT2D eigenvalue weighted by molar-refractivity contribution is 7.99. The Morgan fingerprint density at radius 1 is 1.60 bits per heavy atom. The Labute approximate surface area is 96.3 Å². The van der Waals surface area contributed by atoms with E-state index in [-0.39, 0.29) is 12.0 Å². The molecule has 0 radical (unpaired) electrons. The van der Waals surface area contributed by atoms with Crippen molar-refractivity contribution in [2.45, 2.75) is 39.3 Å². The van der Waals surface area contributed by atoms with Crippen molar-refractivity contribution in [3.63, 3.8) is 0 Å². The number of hydrogen-bond donors (Lipinski definition) is 1. The second-order valence-corrected chi connectivity index (χ2v) is 5.32. The molecule has 2 unspecified atom stereocenters. The zero-order chi connectivity index (χ0) is 11.3. The van der Waals surface area contributed by atoms with Gasteiger partial charge in [-0.05, 0) is 30.8 Å². The molecule has 0 aromatic rings. The van der Waals surface area contributed by atoms with Crippen molar-refractivity contribution in [2.75, 3.05) is 18.1 Å². The lowest BCUT2D eigenvalue weighted by atomic mass is 9.98. The summed E-state index contributed by atoms with van der Waals surface area (Å²) in [6, 6.07) is 0.213. The van der Waals surface area contributed by atoms with Gasteiger partial charge in [0.15, 0.2) is 0 Å². The van der Waals surface area contributed by atoms with Crippen LogP contribution in [0.4, 0.5) is 0 Å². The fourth-order valence-corrected chi connectivity index (χ4v) is 3.10. The molecule has 1 saturated heterocycles. The highest BCUT2D eigenvalue weighted by Gasteiger charge is 2.32. The zero-order valence-corrected chi connectivity index (χ0v) is 10.6. The monoisotopic (exact) mass is 231 g/mol. The molecule has 1 fully saturated rings. The Hall–Kier alpha value is -0.220. The number of nitrogens with one attached hydrogen (secondary N) is 1. The quantitative estimate of drug-likeness (QED) is 0.731. The highest BCUT2D eigenvalue weighted by atomic mass is 32.2. The van der Waals surface area contributed by atoms with Crippen LogP contribution in [0.2, 0.25) is 0 Å². The lowest BCUT2D eigenvalue weighted by Crippen LogP contribution is -2.47. The molecule has 1 rings (SSSR count). The van der Waals surface area contributed by atoms with Crippen LogP contribution < -0.4 is 5.32 Å². The summed E-state index contributed by atoms with van der Waals surface area (Å²) in [4.78, 5) is 11.8. The molecule has 1 heterocycles. The van der Waals surface area contributed by atoms with Gasteiger partial charge in [0.1, 0.15) is 6.04 Å². The Bertz CT molecular complexity index is 203. The van der Waals surface area contributed by atoms with Crippen LogP contribution in [0.15, 0.2) is 0 Å². The Balaban J connectivity index is 2.54. The topological polar surface area (TPSA) is 38.3 Å². The van der Waals surface area contributed by atoms with Gasteiger partial charge in [-0.3, -0.25) is 4.79 Å². The van der Waals surface area contributed by atoms with Gasteiger partial charge in [-0.25, -0.2) is 0 Å². The van der Waals surface area contributed by atoms with Crippen molar-refractivity contribution in [1.82, 2.24) is 5.32 Å². The maximum absolute atomic E-state index is 11.8. The fourth-order valence-electron chi connectivity index (χ4n) is 1.80. The summed E-state index contributed by atoms with van der Waals surface area (Å²) in [6.45, 7) is 6.45. The molecular formula is C11H21NO2S. The molecule has 0 amide bonds. The van der Waals surface area contributed by atoms with E-state index in [1.54, 1.807) is 0 Å². The first-order valence-electron chi connectivity index (χ1n) is 5.65. The predicted octanol–water partition coefficient (Wildman–Crippen LogP) is 1.67. The van der Waals surface area contributed by atoms with Crippen molar-refractivity contribution >= 4 is 17.7 Å². The molecule has 0 spiro atoms. The van der Waals surface area contributed by atoms with Crippen LogP contribution in [-0.4, -0.2) is 36.2 Å². The number of carbonyl (C=O) groups is 1. The van der Waals surface area contributed by atoms with Crippen LogP contribution in [0.1, 0.15) is 27.2 Å². The van der Waals surface area contributed by atoms with Crippen LogP contribution in [-0.2, 0) is 9.53 Å². The molecule has 15 heavy (non-hydrogen) atoms. The van der Waals surface area contributed by atoms with Crippen LogP contribution in [0.3, 0.4) is 0 Å². The molecule has 2 atom stereocenters. The summed E-state index contributed by atoms with van der Waals surface area (Å²) >= 11 is 1.93. The van der Waals surface area contributed by atoms with Gasteiger partial charge >= 0.3 is 5.97 Å². The average molecular weight is 231 g/mol. The fraction of sp³-hybridized carbons (Fsp3) is 0.909. The SMILES string of the molecule is CCOC(=O)C(NC(C)C)C1CCSC1. The van der Waals surface area contributed by atoms with Crippen LogP contribution in [0.5, 0.6) is 0 Å². The third-order valence-electron chi connectivity index (χ3n) is 2.49. The maximum atomic E-state index is 11.8. The van der Waals surface area contributed by atoms with Gasteiger partial charge < -0.3 is 10.1 Å². The van der Waals surface area contributed by atoms with Crippen molar-refractivity contribution in [3.8, 4) is 0 Å². The molecule has 0 aromatic carbocycles. The first kappa shape index (κ1) is 12.8. The molecule has 3 nitrogen and oxygen atoms in total. The van der Waals surface area contributed by atoms with E-state index in [1.807, 2.05) is 18.7 Å². The summed E-state index contributed by atoms with van der Waals surface area (Å²) < 4.78 is 5.11. The largest absolute Gasteiger partial charge is 0.465 e. The minimum Gasteiger partial charge on any atom is -0.465 e. The van der Waals surface area contributed by atoms with Gasteiger partial charge in [-0.2, -0.15) is 11.8 Å². The van der Waals surface area contributed by atoms with Gasteiger partial charge in [0.05, 0.1) is 6.61 Å². The Kier molecular flexibility index (Phi) is 5.47. The van der Waals surface area contributed by atoms with Crippen LogP contribution >= 0.6 is 11.8 Å². The van der Waals surface area contributed by atoms with E-state index in [9.17, 15) is 4.79 Å². The van der Waals surface area contributed by atoms with Gasteiger partial charge in [-0.15, -0.1) is 0 Å². The molecule has 0 aromatic heterocycles. The summed E-state index contributed by atoms with van der Waals surface area (Å²) in [5.74, 6) is 2.60. The van der Waals surface area contributed by atoms with Crippen molar-refractivity contribution in [2.24, 2.45) is 5.92 Å². The zero-order valence-electron chi connectivity index (χ0n) is 9.79. The van der Waals surface area contributed by atoms with Crippen molar-refractivity contribution in [1.29, 1.82) is 0 Å². The second kappa shape index (κ2) is 6.38. The molecule has 88 valence electrons. The summed E-state index contributed by atoms with van der Waals surface area (Å²) in [6.07, 6.45) is 1.12. The second-order valence-electron chi connectivity index (χ2n) is 4.17. The minimum absolute atomic E-state index is 0.0845. The number of esters is 1. The number of carbonyl (C=O) groups excluding carboxylic acids is 1. The lowest BCUT2D eigenvalue weighted by Gasteiger charge is -2.24. The van der Waals surface area contributed by atoms with Gasteiger partial charge in [-0.1, -0.05) is 13.8 Å². The predicted molar refractivity (Wildman–Crippen MR) is 64.1 cm³/mol. The smallest absolute Gasteiger partial charge is 0.323 e. The van der Waals surface area contributed by atoms with Gasteiger partial charge in [0.25, 0.3) is 0 Å². The van der Waals surface area contributed by atoms with E-state index >= 15 is 0 Å². The van der Waals surface area contributed by atoms with E-state index in [0.717, 1.165) is 12.2 Å². The molecule has 1 aliphatic rings. The standard InChI is InChI=1S/C11H21NO2S/c1-4-14-11(13)10(12-8(2)3)9-5-6-15-7-9/h8-10,12H,4-7H2,1-3H3. The molecule has 0 bridgehead atoms. The van der Waals surface area contributed by atoms with E-state index in [4.69, 9.17) is 4.74 Å². The Morgan fingerprint density at radius 3 is 2.80 bits per heavy atom. The van der Waals surface area contributed by atoms with E-state index in [0.29, 0.717) is 18.6 Å². The van der Waals surface area contributed by atoms with E-state index in [2.05, 4.69) is 19.2 Å². The van der Waals surface area contributed by atoms with Crippen molar-refractivity contribution in [3.05, 3.63) is 0 Å². The van der Waals surface area contributed by atoms with Gasteiger partial charge in [0.2, 0.25) is 0 Å². The van der Waals surface area contributed by atoms with Crippen LogP contribution in [0, 0.1) is 5.92 Å². The molecule has 1 aliphatic heterocycles. The first-order chi connectivity index (χ1) is 7.15. The molecule has 1 N–H and O–H groups in total.